The van der Waals surface area contributed by atoms with Crippen molar-refractivity contribution in [3.05, 3.63) is 42.0 Å². The summed E-state index contributed by atoms with van der Waals surface area (Å²) in [7, 11) is 0. The van der Waals surface area contributed by atoms with Gasteiger partial charge in [-0.3, -0.25) is 4.79 Å². The number of aromatic nitrogens is 2. The Morgan fingerprint density at radius 3 is 2.78 bits per heavy atom. The summed E-state index contributed by atoms with van der Waals surface area (Å²) in [6.07, 6.45) is 2.20. The maximum atomic E-state index is 11.6. The molecule has 0 aliphatic rings. The normalized spacial score (nSPS) is 10.3. The van der Waals surface area contributed by atoms with E-state index in [9.17, 15) is 4.79 Å². The van der Waals surface area contributed by atoms with Gasteiger partial charge >= 0.3 is 0 Å². The molecular weight excluding hydrogens is 250 g/mol. The Morgan fingerprint density at radius 2 is 2.11 bits per heavy atom. The molecule has 2 aromatic rings. The van der Waals surface area contributed by atoms with Crippen molar-refractivity contribution in [2.75, 3.05) is 6.54 Å². The highest BCUT2D eigenvalue weighted by atomic mass is 32.1. The van der Waals surface area contributed by atoms with Crippen LogP contribution in [0, 0.1) is 0 Å². The van der Waals surface area contributed by atoms with Gasteiger partial charge in [0.1, 0.15) is 0 Å². The lowest BCUT2D eigenvalue weighted by Gasteiger charge is -2.04. The molecule has 1 amide bonds. The van der Waals surface area contributed by atoms with E-state index < -0.39 is 0 Å². The minimum Gasteiger partial charge on any atom is -0.355 e. The summed E-state index contributed by atoms with van der Waals surface area (Å²) in [5, 5.41) is 6.47. The number of carbonyl (C=O) groups excluding carboxylic acids is 1. The monoisotopic (exact) mass is 263 g/mol. The van der Waals surface area contributed by atoms with Crippen LogP contribution >= 0.6 is 12.6 Å². The average Bonchev–Trinajstić information content (AvgIpc) is 2.85. The van der Waals surface area contributed by atoms with Crippen molar-refractivity contribution in [1.82, 2.24) is 15.5 Å². The second-order valence-electron chi connectivity index (χ2n) is 3.79. The Labute approximate surface area is 110 Å². The van der Waals surface area contributed by atoms with Crippen molar-refractivity contribution >= 4 is 18.5 Å². The van der Waals surface area contributed by atoms with E-state index in [1.807, 2.05) is 24.3 Å². The molecule has 0 bridgehead atoms. The smallest absolute Gasteiger partial charge is 0.224 e. The molecule has 0 saturated heterocycles. The van der Waals surface area contributed by atoms with Gasteiger partial charge in [-0.25, -0.2) is 0 Å². The highest BCUT2D eigenvalue weighted by Crippen LogP contribution is 2.08. The molecule has 1 heterocycles. The summed E-state index contributed by atoms with van der Waals surface area (Å²) in [5.41, 5.74) is 0.963. The third-order valence-electron chi connectivity index (χ3n) is 2.38. The van der Waals surface area contributed by atoms with Crippen LogP contribution < -0.4 is 5.32 Å². The number of rotatable bonds is 5. The van der Waals surface area contributed by atoms with Gasteiger partial charge in [-0.05, 0) is 17.7 Å². The molecule has 0 unspecified atom stereocenters. The minimum absolute atomic E-state index is 0.0228. The Kier molecular flexibility index (Phi) is 4.35. The largest absolute Gasteiger partial charge is 0.355 e. The number of amides is 1. The molecule has 0 radical (unpaired) electrons. The topological polar surface area (TPSA) is 68.0 Å². The number of nitrogens with zero attached hydrogens (tertiary/aromatic N) is 2. The van der Waals surface area contributed by atoms with Crippen LogP contribution in [0.3, 0.4) is 0 Å². The van der Waals surface area contributed by atoms with Gasteiger partial charge in [0, 0.05) is 17.9 Å². The summed E-state index contributed by atoms with van der Waals surface area (Å²) < 4.78 is 4.60. The maximum Gasteiger partial charge on any atom is 0.224 e. The molecule has 6 heteroatoms. The number of benzene rings is 1. The standard InChI is InChI=1S/C12H13N3O2S/c16-12(7-9-1-3-10(18)4-2-9)13-6-5-11-14-8-17-15-11/h1-4,8,18H,5-7H2,(H,13,16). The van der Waals surface area contributed by atoms with Crippen LogP contribution in [0.5, 0.6) is 0 Å². The van der Waals surface area contributed by atoms with E-state index in [0.29, 0.717) is 25.2 Å². The maximum absolute atomic E-state index is 11.6. The second-order valence-corrected chi connectivity index (χ2v) is 4.31. The summed E-state index contributed by atoms with van der Waals surface area (Å²) in [5.74, 6) is 0.570. The lowest BCUT2D eigenvalue weighted by molar-refractivity contribution is -0.120. The van der Waals surface area contributed by atoms with Crippen LogP contribution in [-0.4, -0.2) is 22.6 Å². The molecule has 0 aliphatic heterocycles. The second kappa shape index (κ2) is 6.20. The SMILES string of the molecule is O=C(Cc1ccc(S)cc1)NCCc1ncon1. The molecule has 0 spiro atoms. The van der Waals surface area contributed by atoms with E-state index in [1.54, 1.807) is 0 Å². The van der Waals surface area contributed by atoms with Crippen molar-refractivity contribution in [2.45, 2.75) is 17.7 Å². The fourth-order valence-electron chi connectivity index (χ4n) is 1.48. The van der Waals surface area contributed by atoms with Crippen molar-refractivity contribution < 1.29 is 9.32 Å². The first-order valence-electron chi connectivity index (χ1n) is 5.54. The van der Waals surface area contributed by atoms with Gasteiger partial charge in [0.2, 0.25) is 12.3 Å². The van der Waals surface area contributed by atoms with Gasteiger partial charge in [0.15, 0.2) is 5.82 Å². The first-order chi connectivity index (χ1) is 8.74. The predicted octanol–water partition coefficient (Wildman–Crippen LogP) is 1.26. The quantitative estimate of drug-likeness (QED) is 0.797. The molecule has 1 N–H and O–H groups in total. The number of hydrogen-bond donors (Lipinski definition) is 2. The zero-order valence-corrected chi connectivity index (χ0v) is 10.6. The van der Waals surface area contributed by atoms with E-state index in [1.165, 1.54) is 6.39 Å². The molecule has 0 aliphatic carbocycles. The molecule has 0 saturated carbocycles. The lowest BCUT2D eigenvalue weighted by Crippen LogP contribution is -2.27. The van der Waals surface area contributed by atoms with Crippen molar-refractivity contribution in [2.24, 2.45) is 0 Å². The summed E-state index contributed by atoms with van der Waals surface area (Å²) in [6.45, 7) is 0.503. The zero-order chi connectivity index (χ0) is 12.8. The number of hydrogen-bond acceptors (Lipinski definition) is 5. The summed E-state index contributed by atoms with van der Waals surface area (Å²) >= 11 is 4.19. The van der Waals surface area contributed by atoms with Crippen LogP contribution in [0.15, 0.2) is 40.1 Å². The first kappa shape index (κ1) is 12.6. The number of carbonyl (C=O) groups is 1. The van der Waals surface area contributed by atoms with Crippen LogP contribution in [0.4, 0.5) is 0 Å². The van der Waals surface area contributed by atoms with E-state index in [4.69, 9.17) is 0 Å². The third-order valence-corrected chi connectivity index (χ3v) is 2.68. The predicted molar refractivity (Wildman–Crippen MR) is 68.4 cm³/mol. The molecule has 94 valence electrons. The van der Waals surface area contributed by atoms with E-state index >= 15 is 0 Å². The molecule has 0 fully saturated rings. The number of thiol groups is 1. The summed E-state index contributed by atoms with van der Waals surface area (Å²) in [4.78, 5) is 16.4. The lowest BCUT2D eigenvalue weighted by atomic mass is 10.1. The molecule has 1 aromatic carbocycles. The summed E-state index contributed by atoms with van der Waals surface area (Å²) in [6, 6.07) is 7.51. The Balaban J connectivity index is 1.73. The van der Waals surface area contributed by atoms with Crippen molar-refractivity contribution in [3.63, 3.8) is 0 Å². The molecule has 5 nitrogen and oxygen atoms in total. The highest BCUT2D eigenvalue weighted by Gasteiger charge is 2.04. The van der Waals surface area contributed by atoms with Gasteiger partial charge in [-0.1, -0.05) is 17.3 Å². The van der Waals surface area contributed by atoms with E-state index in [-0.39, 0.29) is 5.91 Å². The molecular formula is C12H13N3O2S. The fraction of sp³-hybridized carbons (Fsp3) is 0.250. The molecule has 0 atom stereocenters. The van der Waals surface area contributed by atoms with Gasteiger partial charge in [0.05, 0.1) is 6.42 Å². The van der Waals surface area contributed by atoms with Gasteiger partial charge in [-0.2, -0.15) is 4.98 Å². The molecule has 2 rings (SSSR count). The van der Waals surface area contributed by atoms with Crippen LogP contribution in [0.25, 0.3) is 0 Å². The minimum atomic E-state index is -0.0228. The molecule has 18 heavy (non-hydrogen) atoms. The van der Waals surface area contributed by atoms with Gasteiger partial charge < -0.3 is 9.84 Å². The van der Waals surface area contributed by atoms with E-state index in [2.05, 4.69) is 32.6 Å². The third kappa shape index (κ3) is 3.89. The van der Waals surface area contributed by atoms with Crippen LogP contribution in [0.1, 0.15) is 11.4 Å². The van der Waals surface area contributed by atoms with E-state index in [0.717, 1.165) is 10.5 Å². The fourth-order valence-corrected chi connectivity index (χ4v) is 1.63. The van der Waals surface area contributed by atoms with Crippen LogP contribution in [-0.2, 0) is 17.6 Å². The van der Waals surface area contributed by atoms with Crippen LogP contribution in [0.2, 0.25) is 0 Å². The average molecular weight is 263 g/mol. The van der Waals surface area contributed by atoms with Gasteiger partial charge in [0.25, 0.3) is 0 Å². The highest BCUT2D eigenvalue weighted by molar-refractivity contribution is 7.80. The zero-order valence-electron chi connectivity index (χ0n) is 9.67. The number of nitrogens with one attached hydrogen (secondary N) is 1. The Bertz CT molecular complexity index is 497. The first-order valence-corrected chi connectivity index (χ1v) is 5.98. The van der Waals surface area contributed by atoms with Crippen molar-refractivity contribution in [3.8, 4) is 0 Å². The molecule has 1 aromatic heterocycles. The van der Waals surface area contributed by atoms with Gasteiger partial charge in [-0.15, -0.1) is 12.6 Å². The van der Waals surface area contributed by atoms with Crippen molar-refractivity contribution in [1.29, 1.82) is 0 Å². The Hall–Kier alpha value is -1.82. The Morgan fingerprint density at radius 1 is 1.33 bits per heavy atom.